The lowest BCUT2D eigenvalue weighted by Crippen LogP contribution is -2.46. The molecule has 0 spiro atoms. The monoisotopic (exact) mass is 279 g/mol. The third-order valence-electron chi connectivity index (χ3n) is 3.86. The normalized spacial score (nSPS) is 17.4. The number of anilines is 1. The molecular weight excluding hydrogens is 257 g/mol. The zero-order valence-corrected chi connectivity index (χ0v) is 12.0. The van der Waals surface area contributed by atoms with Crippen molar-refractivity contribution in [3.05, 3.63) is 29.6 Å². The molecule has 1 amide bonds. The second kappa shape index (κ2) is 6.22. The fourth-order valence-electron chi connectivity index (χ4n) is 2.50. The number of nitrogens with one attached hydrogen (secondary N) is 1. The fraction of sp³-hybridized carbons (Fsp3) is 0.533. The predicted octanol–water partition coefficient (Wildman–Crippen LogP) is 2.01. The number of likely N-dealkylation sites (tertiary alicyclic amines) is 1. The summed E-state index contributed by atoms with van der Waals surface area (Å²) in [6.07, 6.45) is 1.86. The summed E-state index contributed by atoms with van der Waals surface area (Å²) in [6.45, 7) is 6.32. The Morgan fingerprint density at radius 3 is 2.60 bits per heavy atom. The van der Waals surface area contributed by atoms with Gasteiger partial charge in [-0.25, -0.2) is 4.39 Å². The summed E-state index contributed by atoms with van der Waals surface area (Å²) in [5, 5.41) is 2.97. The van der Waals surface area contributed by atoms with Crippen LogP contribution >= 0.6 is 0 Å². The first-order valence-electron chi connectivity index (χ1n) is 7.07. The molecule has 1 saturated heterocycles. The van der Waals surface area contributed by atoms with Crippen molar-refractivity contribution in [1.29, 1.82) is 0 Å². The Hall–Kier alpha value is -1.62. The standard InChI is InChI=1S/C15H22FN3O/c1-10(2)19-7-5-12(6-8-19)18-15(20)11-3-4-14(17)13(16)9-11/h3-4,9-10,12H,5-8,17H2,1-2H3,(H,18,20). The summed E-state index contributed by atoms with van der Waals surface area (Å²) in [7, 11) is 0. The number of piperidine rings is 1. The lowest BCUT2D eigenvalue weighted by atomic mass is 10.0. The van der Waals surface area contributed by atoms with Crippen LogP contribution in [0.2, 0.25) is 0 Å². The van der Waals surface area contributed by atoms with E-state index in [-0.39, 0.29) is 17.6 Å². The van der Waals surface area contributed by atoms with Gasteiger partial charge in [0.05, 0.1) is 5.69 Å². The van der Waals surface area contributed by atoms with Crippen LogP contribution in [0.1, 0.15) is 37.0 Å². The van der Waals surface area contributed by atoms with Gasteiger partial charge in [-0.2, -0.15) is 0 Å². The lowest BCUT2D eigenvalue weighted by molar-refractivity contribution is 0.0900. The molecule has 3 N–H and O–H groups in total. The molecule has 1 aromatic rings. The summed E-state index contributed by atoms with van der Waals surface area (Å²) in [4.78, 5) is 14.5. The average Bonchev–Trinajstić information content (AvgIpc) is 2.42. The maximum absolute atomic E-state index is 13.3. The van der Waals surface area contributed by atoms with E-state index in [1.165, 1.54) is 12.1 Å². The maximum Gasteiger partial charge on any atom is 0.251 e. The van der Waals surface area contributed by atoms with Gasteiger partial charge in [-0.05, 0) is 44.9 Å². The average molecular weight is 279 g/mol. The Kier molecular flexibility index (Phi) is 4.60. The molecule has 0 radical (unpaired) electrons. The Balaban J connectivity index is 1.91. The molecule has 0 saturated carbocycles. The van der Waals surface area contributed by atoms with E-state index in [4.69, 9.17) is 5.73 Å². The highest BCUT2D eigenvalue weighted by molar-refractivity contribution is 5.94. The van der Waals surface area contributed by atoms with Crippen LogP contribution in [0, 0.1) is 5.82 Å². The molecular formula is C15H22FN3O. The van der Waals surface area contributed by atoms with Crippen molar-refractivity contribution in [1.82, 2.24) is 10.2 Å². The first-order valence-corrected chi connectivity index (χ1v) is 7.07. The largest absolute Gasteiger partial charge is 0.396 e. The summed E-state index contributed by atoms with van der Waals surface area (Å²) in [6, 6.07) is 4.87. The summed E-state index contributed by atoms with van der Waals surface area (Å²) in [5.41, 5.74) is 5.79. The second-order valence-corrected chi connectivity index (χ2v) is 5.61. The van der Waals surface area contributed by atoms with E-state index < -0.39 is 5.82 Å². The number of nitrogens with zero attached hydrogens (tertiary/aromatic N) is 1. The summed E-state index contributed by atoms with van der Waals surface area (Å²) in [5.74, 6) is -0.779. The third kappa shape index (κ3) is 3.48. The van der Waals surface area contributed by atoms with Crippen molar-refractivity contribution in [2.75, 3.05) is 18.8 Å². The van der Waals surface area contributed by atoms with Crippen molar-refractivity contribution in [3.63, 3.8) is 0 Å². The van der Waals surface area contributed by atoms with E-state index in [1.807, 2.05) is 0 Å². The van der Waals surface area contributed by atoms with Crippen molar-refractivity contribution in [2.24, 2.45) is 0 Å². The van der Waals surface area contributed by atoms with E-state index in [1.54, 1.807) is 6.07 Å². The number of benzene rings is 1. The number of nitrogens with two attached hydrogens (primary N) is 1. The molecule has 20 heavy (non-hydrogen) atoms. The molecule has 0 bridgehead atoms. The van der Waals surface area contributed by atoms with E-state index >= 15 is 0 Å². The van der Waals surface area contributed by atoms with Gasteiger partial charge in [0.15, 0.2) is 0 Å². The van der Waals surface area contributed by atoms with E-state index in [9.17, 15) is 9.18 Å². The number of hydrogen-bond acceptors (Lipinski definition) is 3. The summed E-state index contributed by atoms with van der Waals surface area (Å²) >= 11 is 0. The number of rotatable bonds is 3. The van der Waals surface area contributed by atoms with Crippen molar-refractivity contribution >= 4 is 11.6 Å². The Morgan fingerprint density at radius 1 is 1.40 bits per heavy atom. The van der Waals surface area contributed by atoms with Crippen LogP contribution in [0.25, 0.3) is 0 Å². The van der Waals surface area contributed by atoms with E-state index in [0.717, 1.165) is 25.9 Å². The smallest absolute Gasteiger partial charge is 0.251 e. The molecule has 0 aromatic heterocycles. The van der Waals surface area contributed by atoms with Gasteiger partial charge in [-0.1, -0.05) is 0 Å². The van der Waals surface area contributed by atoms with Crippen LogP contribution in [-0.2, 0) is 0 Å². The number of hydrogen-bond donors (Lipinski definition) is 2. The SMILES string of the molecule is CC(C)N1CCC(NC(=O)c2ccc(N)c(F)c2)CC1. The minimum absolute atomic E-state index is 0.0618. The van der Waals surface area contributed by atoms with Crippen LogP contribution in [0.3, 0.4) is 0 Å². The molecule has 1 heterocycles. The molecule has 0 atom stereocenters. The van der Waals surface area contributed by atoms with Gasteiger partial charge in [-0.15, -0.1) is 0 Å². The van der Waals surface area contributed by atoms with Crippen LogP contribution in [0.15, 0.2) is 18.2 Å². The second-order valence-electron chi connectivity index (χ2n) is 5.61. The van der Waals surface area contributed by atoms with Crippen LogP contribution < -0.4 is 11.1 Å². The Labute approximate surface area is 119 Å². The predicted molar refractivity (Wildman–Crippen MR) is 78.0 cm³/mol. The molecule has 4 nitrogen and oxygen atoms in total. The van der Waals surface area contributed by atoms with Crippen molar-refractivity contribution in [3.8, 4) is 0 Å². The molecule has 1 aliphatic rings. The van der Waals surface area contributed by atoms with Crippen LogP contribution in [-0.4, -0.2) is 36.0 Å². The Bertz CT molecular complexity index is 482. The number of carbonyl (C=O) groups excluding carboxylic acids is 1. The number of halogens is 1. The van der Waals surface area contributed by atoms with Gasteiger partial charge in [0.1, 0.15) is 5.82 Å². The minimum Gasteiger partial charge on any atom is -0.396 e. The quantitative estimate of drug-likeness (QED) is 0.832. The molecule has 110 valence electrons. The molecule has 0 aliphatic carbocycles. The highest BCUT2D eigenvalue weighted by atomic mass is 19.1. The lowest BCUT2D eigenvalue weighted by Gasteiger charge is -2.34. The zero-order chi connectivity index (χ0) is 14.7. The van der Waals surface area contributed by atoms with Crippen molar-refractivity contribution in [2.45, 2.75) is 38.8 Å². The van der Waals surface area contributed by atoms with Crippen molar-refractivity contribution < 1.29 is 9.18 Å². The number of carbonyl (C=O) groups is 1. The maximum atomic E-state index is 13.3. The number of nitrogen functional groups attached to an aromatic ring is 1. The molecule has 1 aliphatic heterocycles. The van der Waals surface area contributed by atoms with E-state index in [2.05, 4.69) is 24.1 Å². The minimum atomic E-state index is -0.549. The van der Waals surface area contributed by atoms with E-state index in [0.29, 0.717) is 11.6 Å². The fourth-order valence-corrected chi connectivity index (χ4v) is 2.50. The van der Waals surface area contributed by atoms with Gasteiger partial charge < -0.3 is 16.0 Å². The molecule has 5 heteroatoms. The first-order chi connectivity index (χ1) is 9.47. The molecule has 2 rings (SSSR count). The molecule has 0 unspecified atom stereocenters. The third-order valence-corrected chi connectivity index (χ3v) is 3.86. The van der Waals surface area contributed by atoms with Crippen LogP contribution in [0.5, 0.6) is 0 Å². The highest BCUT2D eigenvalue weighted by Crippen LogP contribution is 2.15. The summed E-state index contributed by atoms with van der Waals surface area (Å²) < 4.78 is 13.3. The van der Waals surface area contributed by atoms with Gasteiger partial charge in [0.25, 0.3) is 5.91 Å². The van der Waals surface area contributed by atoms with Gasteiger partial charge in [-0.3, -0.25) is 4.79 Å². The van der Waals surface area contributed by atoms with Crippen LogP contribution in [0.4, 0.5) is 10.1 Å². The highest BCUT2D eigenvalue weighted by Gasteiger charge is 2.22. The topological polar surface area (TPSA) is 58.4 Å². The van der Waals surface area contributed by atoms with Gasteiger partial charge in [0.2, 0.25) is 0 Å². The number of amides is 1. The molecule has 1 aromatic carbocycles. The zero-order valence-electron chi connectivity index (χ0n) is 12.0. The van der Waals surface area contributed by atoms with Gasteiger partial charge in [0, 0.05) is 30.7 Å². The molecule has 1 fully saturated rings. The first kappa shape index (κ1) is 14.8. The Morgan fingerprint density at radius 2 is 2.05 bits per heavy atom. The van der Waals surface area contributed by atoms with Gasteiger partial charge >= 0.3 is 0 Å².